The molecule has 0 fully saturated rings. The van der Waals surface area contributed by atoms with E-state index in [1.807, 2.05) is 0 Å². The second kappa shape index (κ2) is 6.79. The van der Waals surface area contributed by atoms with Gasteiger partial charge in [-0.3, -0.25) is 0 Å². The van der Waals surface area contributed by atoms with Gasteiger partial charge in [-0.2, -0.15) is 0 Å². The van der Waals surface area contributed by atoms with E-state index < -0.39 is 14.0 Å². The summed E-state index contributed by atoms with van der Waals surface area (Å²) in [5.74, 6) is 9.64. The lowest BCUT2D eigenvalue weighted by Crippen LogP contribution is -1.71. The summed E-state index contributed by atoms with van der Waals surface area (Å²) in [6.07, 6.45) is 8.33. The highest BCUT2D eigenvalue weighted by molar-refractivity contribution is 7.68. The molecule has 0 unspecified atom stereocenters. The van der Waals surface area contributed by atoms with Crippen LogP contribution in [0.5, 0.6) is 0 Å². The van der Waals surface area contributed by atoms with E-state index in [-0.39, 0.29) is 0 Å². The molecule has 0 N–H and O–H groups in total. The van der Waals surface area contributed by atoms with Crippen molar-refractivity contribution in [1.82, 2.24) is 0 Å². The van der Waals surface area contributed by atoms with Crippen LogP contribution >= 0.6 is 7.92 Å². The normalized spacial score (nSPS) is 10.2. The molecule has 0 amide bonds. The molecule has 0 spiro atoms. The minimum absolute atomic E-state index is 1.57. The minimum atomic E-state index is -1.80. The fraction of sp³-hybridized carbons (Fsp3) is 0.200. The van der Waals surface area contributed by atoms with Gasteiger partial charge < -0.3 is 0 Å². The molecule has 52 valence electrons. The summed E-state index contributed by atoms with van der Waals surface area (Å²) in [4.78, 5) is 0. The lowest BCUT2D eigenvalue weighted by atomic mass is 10.6. The lowest BCUT2D eigenvalue weighted by molar-refractivity contribution is 1.90. The van der Waals surface area contributed by atoms with Gasteiger partial charge >= 0.3 is 0 Å². The van der Waals surface area contributed by atoms with Crippen LogP contribution in [0.4, 0.5) is 0 Å². The van der Waals surface area contributed by atoms with Crippen LogP contribution in [-0.2, 0) is 0 Å². The standard InChI is InChI=1S/C10H7P/c1-4-7-8-9-10-11(5-2)6-3/h2-3H,10H2,1H3/i10T2. The Labute approximate surface area is 72.3 Å². The molecular weight excluding hydrogens is 151 g/mol. The summed E-state index contributed by atoms with van der Waals surface area (Å²) < 4.78 is 14.9. The third kappa shape index (κ3) is 5.13. The number of terminal acetylenes is 2. The summed E-state index contributed by atoms with van der Waals surface area (Å²) in [5.41, 5.74) is 4.44. The number of rotatable bonds is 1. The van der Waals surface area contributed by atoms with Gasteiger partial charge in [-0.1, -0.05) is 23.2 Å². The Hall–Kier alpha value is -1.33. The molecule has 0 aliphatic heterocycles. The van der Waals surface area contributed by atoms with Crippen LogP contribution in [-0.4, -0.2) is 6.11 Å². The second-order valence-corrected chi connectivity index (χ2v) is 2.74. The highest BCUT2D eigenvalue weighted by atomic mass is 31.1. The second-order valence-electron chi connectivity index (χ2n) is 1.33. The van der Waals surface area contributed by atoms with Crippen molar-refractivity contribution in [1.29, 1.82) is 0 Å². The molecule has 1 heteroatoms. The van der Waals surface area contributed by atoms with Gasteiger partial charge in [-0.05, 0) is 18.8 Å². The van der Waals surface area contributed by atoms with Crippen LogP contribution in [0.15, 0.2) is 0 Å². The maximum atomic E-state index is 7.43. The maximum absolute atomic E-state index is 7.43. The summed E-state index contributed by atoms with van der Waals surface area (Å²) in [5, 5.41) is 0. The van der Waals surface area contributed by atoms with E-state index in [1.54, 1.807) is 6.92 Å². The molecule has 0 aliphatic rings. The van der Waals surface area contributed by atoms with Gasteiger partial charge in [-0.25, -0.2) is 0 Å². The Bertz CT molecular complexity index is 360. The van der Waals surface area contributed by atoms with Crippen LogP contribution in [0.3, 0.4) is 0 Å². The molecule has 0 aromatic carbocycles. The third-order valence-corrected chi connectivity index (χ3v) is 1.53. The summed E-state index contributed by atoms with van der Waals surface area (Å²) in [6, 6.07) is 0. The van der Waals surface area contributed by atoms with Crippen molar-refractivity contribution in [2.24, 2.45) is 0 Å². The van der Waals surface area contributed by atoms with Gasteiger partial charge in [-0.15, -0.1) is 12.8 Å². The molecule has 0 bridgehead atoms. The van der Waals surface area contributed by atoms with Crippen LogP contribution < -0.4 is 0 Å². The van der Waals surface area contributed by atoms with Crippen molar-refractivity contribution in [2.45, 2.75) is 6.92 Å². The van der Waals surface area contributed by atoms with E-state index in [4.69, 9.17) is 15.6 Å². The zero-order chi connectivity index (χ0) is 10.3. The fourth-order valence-corrected chi connectivity index (χ4v) is 0.651. The van der Waals surface area contributed by atoms with E-state index in [0.29, 0.717) is 0 Å². The third-order valence-electron chi connectivity index (χ3n) is 0.676. The molecule has 0 nitrogen and oxygen atoms in total. The van der Waals surface area contributed by atoms with Crippen LogP contribution in [0, 0.1) is 47.9 Å². The van der Waals surface area contributed by atoms with E-state index in [2.05, 4.69) is 35.0 Å². The summed E-state index contributed by atoms with van der Waals surface area (Å²) in [6.45, 7) is 1.62. The largest absolute Gasteiger partial charge is 0.114 e. The van der Waals surface area contributed by atoms with Gasteiger partial charge in [0.1, 0.15) is 0 Å². The topological polar surface area (TPSA) is 0 Å². The van der Waals surface area contributed by atoms with Gasteiger partial charge in [0.25, 0.3) is 0 Å². The van der Waals surface area contributed by atoms with Crippen molar-refractivity contribution < 1.29 is 2.74 Å². The average Bonchev–Trinajstić information content (AvgIpc) is 2.06. The Morgan fingerprint density at radius 2 is 2.00 bits per heavy atom. The SMILES string of the molecule is [3H]C([3H])(C#CC#CC)P(C#C)C#C. The zero-order valence-corrected chi connectivity index (χ0v) is 7.00. The van der Waals surface area contributed by atoms with Gasteiger partial charge in [0.15, 0.2) is 0 Å². The minimum Gasteiger partial charge on any atom is -0.114 e. The van der Waals surface area contributed by atoms with E-state index in [1.165, 1.54) is 0 Å². The lowest BCUT2D eigenvalue weighted by Gasteiger charge is -1.90. The summed E-state index contributed by atoms with van der Waals surface area (Å²) in [7, 11) is -1.57. The molecule has 0 radical (unpaired) electrons. The summed E-state index contributed by atoms with van der Waals surface area (Å²) >= 11 is 0. The molecule has 0 saturated heterocycles. The Morgan fingerprint density at radius 3 is 2.45 bits per heavy atom. The van der Waals surface area contributed by atoms with Crippen molar-refractivity contribution in [3.63, 3.8) is 0 Å². The van der Waals surface area contributed by atoms with Gasteiger partial charge in [0, 0.05) is 2.74 Å². The van der Waals surface area contributed by atoms with E-state index in [0.717, 1.165) is 0 Å². The van der Waals surface area contributed by atoms with Gasteiger partial charge in [0.2, 0.25) is 0 Å². The molecule has 0 aromatic heterocycles. The van der Waals surface area contributed by atoms with Crippen molar-refractivity contribution in [2.75, 3.05) is 6.11 Å². The van der Waals surface area contributed by atoms with Crippen molar-refractivity contribution in [3.8, 4) is 47.9 Å². The first-order valence-corrected chi connectivity index (χ1v) is 4.09. The molecule has 0 saturated carbocycles. The average molecular weight is 162 g/mol. The molecule has 0 heterocycles. The fourth-order valence-electron chi connectivity index (χ4n) is 0.279. The Balaban J connectivity index is 4.79. The van der Waals surface area contributed by atoms with Crippen molar-refractivity contribution in [3.05, 3.63) is 0 Å². The first-order chi connectivity index (χ1) is 6.08. The predicted molar refractivity (Wildman–Crippen MR) is 50.7 cm³/mol. The molecule has 0 atom stereocenters. The van der Waals surface area contributed by atoms with E-state index >= 15 is 0 Å². The first kappa shape index (κ1) is 6.38. The molecule has 11 heavy (non-hydrogen) atoms. The van der Waals surface area contributed by atoms with E-state index in [9.17, 15) is 0 Å². The molecule has 0 aromatic rings. The monoisotopic (exact) mass is 162 g/mol. The quantitative estimate of drug-likeness (QED) is 0.406. The molecular formula is C10H7P. The van der Waals surface area contributed by atoms with Crippen LogP contribution in [0.1, 0.15) is 9.67 Å². The van der Waals surface area contributed by atoms with Crippen LogP contribution in [0.25, 0.3) is 0 Å². The predicted octanol–water partition coefficient (Wildman–Crippen LogP) is 1.68. The van der Waals surface area contributed by atoms with Gasteiger partial charge in [0.05, 0.1) is 14.0 Å². The molecule has 0 aliphatic carbocycles. The zero-order valence-electron chi connectivity index (χ0n) is 8.10. The highest BCUT2D eigenvalue weighted by Gasteiger charge is 1.93. The van der Waals surface area contributed by atoms with Crippen molar-refractivity contribution >= 4 is 7.92 Å². The number of hydrogen-bond donors (Lipinski definition) is 0. The first-order valence-electron chi connectivity index (χ1n) is 3.75. The Morgan fingerprint density at radius 1 is 1.36 bits per heavy atom. The molecule has 0 rings (SSSR count). The smallest absolute Gasteiger partial charge is 0.0617 e. The highest BCUT2D eigenvalue weighted by Crippen LogP contribution is 2.29. The Kier molecular flexibility index (Phi) is 3.94. The van der Waals surface area contributed by atoms with Crippen LogP contribution in [0.2, 0.25) is 0 Å². The number of hydrogen-bond acceptors (Lipinski definition) is 0. The maximum Gasteiger partial charge on any atom is 0.0617 e.